The molecule has 0 aromatic heterocycles. The van der Waals surface area contributed by atoms with Crippen molar-refractivity contribution in [3.63, 3.8) is 0 Å². The van der Waals surface area contributed by atoms with Crippen LogP contribution in [0.5, 0.6) is 0 Å². The second-order valence-electron chi connectivity index (χ2n) is 1.41. The van der Waals surface area contributed by atoms with E-state index in [-0.39, 0.29) is 0 Å². The van der Waals surface area contributed by atoms with E-state index in [1.165, 1.54) is 13.1 Å². The molecule has 0 aliphatic rings. The lowest BCUT2D eigenvalue weighted by molar-refractivity contribution is 0.465. The lowest BCUT2D eigenvalue weighted by atomic mass is 10.8. The largest absolute Gasteiger partial charge is 0.304 e. The van der Waals surface area contributed by atoms with Gasteiger partial charge in [-0.15, -0.1) is 0 Å². The maximum Gasteiger partial charge on any atom is 0.286 e. The molecule has 1 unspecified atom stereocenters. The normalized spacial score (nSPS) is 13.9. The van der Waals surface area contributed by atoms with Crippen molar-refractivity contribution in [3.05, 3.63) is 0 Å². The molecule has 0 bridgehead atoms. The Balaban J connectivity index is 4.10. The predicted octanol–water partition coefficient (Wildman–Crippen LogP) is -0.709. The van der Waals surface area contributed by atoms with Crippen molar-refractivity contribution in [2.45, 2.75) is 12.3 Å². The first-order valence-corrected chi connectivity index (χ1v) is 3.59. The Hall–Kier alpha value is -0.800. The SMILES string of the molecule is CC(NC#N)S(=O)(=O)O. The summed E-state index contributed by atoms with van der Waals surface area (Å²) in [6.07, 6.45) is 1.38. The highest BCUT2D eigenvalue weighted by Crippen LogP contribution is 1.89. The van der Waals surface area contributed by atoms with E-state index in [2.05, 4.69) is 0 Å². The Morgan fingerprint density at radius 2 is 2.22 bits per heavy atom. The highest BCUT2D eigenvalue weighted by molar-refractivity contribution is 7.86. The summed E-state index contributed by atoms with van der Waals surface area (Å²) in [4.78, 5) is 0. The standard InChI is InChI=1S/C3H6N2O3S/c1-3(5-2-4)9(6,7)8/h3,5H,1H3,(H,6,7,8). The monoisotopic (exact) mass is 150 g/mol. The molecule has 0 aliphatic carbocycles. The Morgan fingerprint density at radius 1 is 1.78 bits per heavy atom. The molecule has 52 valence electrons. The van der Waals surface area contributed by atoms with Crippen LogP contribution in [0.2, 0.25) is 0 Å². The number of nitriles is 1. The van der Waals surface area contributed by atoms with Gasteiger partial charge < -0.3 is 5.32 Å². The van der Waals surface area contributed by atoms with Gasteiger partial charge in [-0.1, -0.05) is 0 Å². The molecule has 1 atom stereocenters. The van der Waals surface area contributed by atoms with E-state index in [1.807, 2.05) is 5.32 Å². The number of nitrogens with zero attached hydrogens (tertiary/aromatic N) is 1. The lowest BCUT2D eigenvalue weighted by Gasteiger charge is -2.02. The van der Waals surface area contributed by atoms with Crippen molar-refractivity contribution in [2.24, 2.45) is 0 Å². The highest BCUT2D eigenvalue weighted by atomic mass is 32.2. The summed E-state index contributed by atoms with van der Waals surface area (Å²) in [6, 6.07) is 0. The fourth-order valence-electron chi connectivity index (χ4n) is 0.165. The molecular formula is C3H6N2O3S. The van der Waals surface area contributed by atoms with E-state index < -0.39 is 15.5 Å². The van der Waals surface area contributed by atoms with Crippen molar-refractivity contribution in [1.82, 2.24) is 5.32 Å². The van der Waals surface area contributed by atoms with Crippen LogP contribution < -0.4 is 5.32 Å². The molecule has 6 heteroatoms. The van der Waals surface area contributed by atoms with Crippen LogP contribution >= 0.6 is 0 Å². The minimum Gasteiger partial charge on any atom is -0.304 e. The van der Waals surface area contributed by atoms with Gasteiger partial charge in [0, 0.05) is 0 Å². The predicted molar refractivity (Wildman–Crippen MR) is 29.8 cm³/mol. The summed E-state index contributed by atoms with van der Waals surface area (Å²) in [5.74, 6) is 0. The first-order valence-electron chi connectivity index (χ1n) is 2.09. The zero-order chi connectivity index (χ0) is 7.49. The summed E-state index contributed by atoms with van der Waals surface area (Å²) in [5.41, 5.74) is 0. The minimum absolute atomic E-state index is 1.17. The van der Waals surface area contributed by atoms with Crippen molar-refractivity contribution in [1.29, 1.82) is 5.26 Å². The van der Waals surface area contributed by atoms with E-state index in [0.29, 0.717) is 0 Å². The Bertz CT molecular complexity index is 214. The Labute approximate surface area is 53.0 Å². The molecule has 9 heavy (non-hydrogen) atoms. The van der Waals surface area contributed by atoms with Gasteiger partial charge in [0.1, 0.15) is 0 Å². The smallest absolute Gasteiger partial charge is 0.286 e. The van der Waals surface area contributed by atoms with Crippen LogP contribution in [0.4, 0.5) is 0 Å². The molecule has 0 amide bonds. The average molecular weight is 150 g/mol. The fourth-order valence-corrected chi connectivity index (χ4v) is 0.367. The minimum atomic E-state index is -4.10. The summed E-state index contributed by atoms with van der Waals surface area (Å²) in [7, 11) is -4.10. The summed E-state index contributed by atoms with van der Waals surface area (Å²) < 4.78 is 28.3. The van der Waals surface area contributed by atoms with Crippen LogP contribution in [0.1, 0.15) is 6.92 Å². The maximum absolute atomic E-state index is 10.1. The van der Waals surface area contributed by atoms with Crippen LogP contribution in [0.3, 0.4) is 0 Å². The average Bonchev–Trinajstić information content (AvgIpc) is 1.64. The molecule has 0 rings (SSSR count). The Morgan fingerprint density at radius 3 is 2.33 bits per heavy atom. The number of hydrogen-bond acceptors (Lipinski definition) is 4. The van der Waals surface area contributed by atoms with Crippen LogP contribution in [-0.4, -0.2) is 18.3 Å². The molecule has 0 saturated carbocycles. The van der Waals surface area contributed by atoms with Gasteiger partial charge in [-0.25, -0.2) is 0 Å². The summed E-state index contributed by atoms with van der Waals surface area (Å²) in [6.45, 7) is 1.17. The van der Waals surface area contributed by atoms with Gasteiger partial charge in [0.15, 0.2) is 11.6 Å². The van der Waals surface area contributed by atoms with E-state index in [1.54, 1.807) is 0 Å². The molecule has 0 spiro atoms. The molecular weight excluding hydrogens is 144 g/mol. The lowest BCUT2D eigenvalue weighted by Crippen LogP contribution is -2.29. The first kappa shape index (κ1) is 8.20. The van der Waals surface area contributed by atoms with Gasteiger partial charge >= 0.3 is 0 Å². The maximum atomic E-state index is 10.1. The van der Waals surface area contributed by atoms with Crippen LogP contribution in [0, 0.1) is 11.5 Å². The molecule has 0 fully saturated rings. The zero-order valence-corrected chi connectivity index (χ0v) is 5.51. The quantitative estimate of drug-likeness (QED) is 0.308. The molecule has 0 saturated heterocycles. The van der Waals surface area contributed by atoms with Crippen molar-refractivity contribution < 1.29 is 13.0 Å². The molecule has 0 radical (unpaired) electrons. The van der Waals surface area contributed by atoms with Gasteiger partial charge in [0.05, 0.1) is 0 Å². The molecule has 2 N–H and O–H groups in total. The van der Waals surface area contributed by atoms with E-state index >= 15 is 0 Å². The second-order valence-corrected chi connectivity index (χ2v) is 3.15. The molecule has 5 nitrogen and oxygen atoms in total. The van der Waals surface area contributed by atoms with Gasteiger partial charge in [-0.3, -0.25) is 4.55 Å². The molecule has 0 aromatic carbocycles. The number of hydrogen-bond donors (Lipinski definition) is 2. The first-order chi connectivity index (χ1) is 3.98. The number of rotatable bonds is 2. The zero-order valence-electron chi connectivity index (χ0n) is 4.70. The fraction of sp³-hybridized carbons (Fsp3) is 0.667. The Kier molecular flexibility index (Phi) is 2.42. The van der Waals surface area contributed by atoms with E-state index in [0.717, 1.165) is 0 Å². The summed E-state index contributed by atoms with van der Waals surface area (Å²) >= 11 is 0. The van der Waals surface area contributed by atoms with E-state index in [9.17, 15) is 8.42 Å². The van der Waals surface area contributed by atoms with Crippen LogP contribution in [-0.2, 0) is 10.1 Å². The van der Waals surface area contributed by atoms with Gasteiger partial charge in [-0.2, -0.15) is 13.7 Å². The van der Waals surface area contributed by atoms with Crippen molar-refractivity contribution in [3.8, 4) is 6.19 Å². The van der Waals surface area contributed by atoms with Crippen molar-refractivity contribution in [2.75, 3.05) is 0 Å². The summed E-state index contributed by atoms with van der Waals surface area (Å²) in [5, 5.41) is 8.50. The van der Waals surface area contributed by atoms with Crippen molar-refractivity contribution >= 4 is 10.1 Å². The van der Waals surface area contributed by atoms with Crippen LogP contribution in [0.15, 0.2) is 0 Å². The topological polar surface area (TPSA) is 90.2 Å². The van der Waals surface area contributed by atoms with Crippen LogP contribution in [0.25, 0.3) is 0 Å². The van der Waals surface area contributed by atoms with Gasteiger partial charge in [0.2, 0.25) is 0 Å². The third kappa shape index (κ3) is 2.90. The molecule has 0 aliphatic heterocycles. The number of nitrogens with one attached hydrogen (secondary N) is 1. The molecule has 0 heterocycles. The third-order valence-electron chi connectivity index (χ3n) is 0.715. The van der Waals surface area contributed by atoms with E-state index in [4.69, 9.17) is 9.81 Å². The van der Waals surface area contributed by atoms with Gasteiger partial charge in [-0.05, 0) is 6.92 Å². The second kappa shape index (κ2) is 2.66. The highest BCUT2D eigenvalue weighted by Gasteiger charge is 2.14. The molecule has 0 aromatic rings. The van der Waals surface area contributed by atoms with Gasteiger partial charge in [0.25, 0.3) is 10.1 Å². The third-order valence-corrected chi connectivity index (χ3v) is 1.73.